The van der Waals surface area contributed by atoms with Gasteiger partial charge in [0.25, 0.3) is 0 Å². The molecule has 98 valence electrons. The van der Waals surface area contributed by atoms with Crippen LogP contribution >= 0.6 is 0 Å². The van der Waals surface area contributed by atoms with Gasteiger partial charge in [-0.3, -0.25) is 9.97 Å². The number of nitrogens with one attached hydrogen (secondary N) is 1. The molecule has 2 N–H and O–H groups in total. The summed E-state index contributed by atoms with van der Waals surface area (Å²) in [6, 6.07) is 10.5. The molecule has 20 heavy (non-hydrogen) atoms. The maximum atomic E-state index is 11.2. The summed E-state index contributed by atoms with van der Waals surface area (Å²) in [4.78, 5) is 19.5. The summed E-state index contributed by atoms with van der Waals surface area (Å²) in [5.41, 5.74) is 2.37. The third-order valence-electron chi connectivity index (χ3n) is 2.89. The molecule has 0 unspecified atom stereocenters. The summed E-state index contributed by atoms with van der Waals surface area (Å²) in [6.07, 6.45) is 5.02. The first-order valence-corrected chi connectivity index (χ1v) is 6.03. The van der Waals surface area contributed by atoms with Crippen LogP contribution in [0.5, 0.6) is 0 Å². The van der Waals surface area contributed by atoms with Crippen LogP contribution < -0.4 is 5.32 Å². The number of hydrogen-bond acceptors (Lipinski definition) is 4. The summed E-state index contributed by atoms with van der Waals surface area (Å²) < 4.78 is 0. The average Bonchev–Trinajstić information content (AvgIpc) is 2.48. The van der Waals surface area contributed by atoms with Gasteiger partial charge in [-0.05, 0) is 30.3 Å². The molecule has 3 aromatic rings. The van der Waals surface area contributed by atoms with Crippen LogP contribution in [0.25, 0.3) is 10.9 Å². The molecule has 5 nitrogen and oxygen atoms in total. The first kappa shape index (κ1) is 12.1. The monoisotopic (exact) mass is 265 g/mol. The highest BCUT2D eigenvalue weighted by Crippen LogP contribution is 2.26. The van der Waals surface area contributed by atoms with Crippen molar-refractivity contribution in [1.29, 1.82) is 0 Å². The fourth-order valence-electron chi connectivity index (χ4n) is 2.00. The number of benzene rings is 1. The van der Waals surface area contributed by atoms with E-state index in [4.69, 9.17) is 0 Å². The normalized spacial score (nSPS) is 10.4. The van der Waals surface area contributed by atoms with Crippen molar-refractivity contribution in [2.75, 3.05) is 5.32 Å². The van der Waals surface area contributed by atoms with Crippen LogP contribution in [-0.4, -0.2) is 21.0 Å². The van der Waals surface area contributed by atoms with Gasteiger partial charge in [0, 0.05) is 17.8 Å². The lowest BCUT2D eigenvalue weighted by molar-refractivity contribution is 0.0697. The molecular formula is C15H11N3O2. The lowest BCUT2D eigenvalue weighted by Crippen LogP contribution is -2.00. The number of carbonyl (C=O) groups is 1. The van der Waals surface area contributed by atoms with Crippen molar-refractivity contribution in [3.05, 3.63) is 60.6 Å². The van der Waals surface area contributed by atoms with Crippen LogP contribution in [0.1, 0.15) is 10.4 Å². The number of fused-ring (bicyclic) bond motifs is 1. The number of carboxylic acids is 1. The van der Waals surface area contributed by atoms with Crippen molar-refractivity contribution < 1.29 is 9.90 Å². The van der Waals surface area contributed by atoms with Gasteiger partial charge in [0.15, 0.2) is 0 Å². The Bertz CT molecular complexity index is 772. The Morgan fingerprint density at radius 1 is 1.15 bits per heavy atom. The van der Waals surface area contributed by atoms with Crippen molar-refractivity contribution in [2.24, 2.45) is 0 Å². The minimum atomic E-state index is -0.968. The first-order chi connectivity index (χ1) is 9.74. The fourth-order valence-corrected chi connectivity index (χ4v) is 2.00. The molecule has 5 heteroatoms. The van der Waals surface area contributed by atoms with Gasteiger partial charge in [0.1, 0.15) is 0 Å². The molecule has 0 bridgehead atoms. The van der Waals surface area contributed by atoms with Crippen molar-refractivity contribution in [1.82, 2.24) is 9.97 Å². The van der Waals surface area contributed by atoms with Gasteiger partial charge in [0.05, 0.1) is 28.7 Å². The molecule has 0 aliphatic heterocycles. The smallest absolute Gasteiger partial charge is 0.335 e. The average molecular weight is 265 g/mol. The van der Waals surface area contributed by atoms with Crippen LogP contribution in [0.2, 0.25) is 0 Å². The Labute approximate surface area is 114 Å². The number of aromatic nitrogens is 2. The first-order valence-electron chi connectivity index (χ1n) is 6.03. The summed E-state index contributed by atoms with van der Waals surface area (Å²) in [5, 5.41) is 13.1. The molecule has 1 aromatic carbocycles. The van der Waals surface area contributed by atoms with Gasteiger partial charge in [-0.1, -0.05) is 6.07 Å². The molecule has 0 fully saturated rings. The fraction of sp³-hybridized carbons (Fsp3) is 0. The second-order valence-electron chi connectivity index (χ2n) is 4.27. The van der Waals surface area contributed by atoms with Crippen LogP contribution in [0.3, 0.4) is 0 Å². The molecule has 0 atom stereocenters. The van der Waals surface area contributed by atoms with Crippen molar-refractivity contribution in [2.45, 2.75) is 0 Å². The Kier molecular flexibility index (Phi) is 3.01. The highest BCUT2D eigenvalue weighted by Gasteiger charge is 2.10. The minimum absolute atomic E-state index is 0.219. The highest BCUT2D eigenvalue weighted by molar-refractivity contribution is 6.00. The van der Waals surface area contributed by atoms with E-state index in [0.29, 0.717) is 5.69 Å². The van der Waals surface area contributed by atoms with Gasteiger partial charge in [-0.15, -0.1) is 0 Å². The van der Waals surface area contributed by atoms with Crippen LogP contribution in [-0.2, 0) is 0 Å². The predicted molar refractivity (Wildman–Crippen MR) is 76.2 cm³/mol. The lowest BCUT2D eigenvalue weighted by Gasteiger charge is -2.10. The van der Waals surface area contributed by atoms with E-state index in [9.17, 15) is 9.90 Å². The largest absolute Gasteiger partial charge is 0.478 e. The van der Waals surface area contributed by atoms with E-state index < -0.39 is 5.97 Å². The standard InChI is InChI=1S/C15H11N3O2/c19-15(20)11-7-10-3-1-6-17-14(10)13(8-11)18-12-4-2-5-16-9-12/h1-9,18H,(H,19,20). The Balaban J connectivity index is 2.15. The van der Waals surface area contributed by atoms with Crippen molar-refractivity contribution in [3.63, 3.8) is 0 Å². The van der Waals surface area contributed by atoms with Gasteiger partial charge >= 0.3 is 5.97 Å². The number of carboxylic acid groups (broad SMARTS) is 1. The second-order valence-corrected chi connectivity index (χ2v) is 4.27. The predicted octanol–water partition coefficient (Wildman–Crippen LogP) is 3.07. The number of nitrogens with zero attached hydrogens (tertiary/aromatic N) is 2. The van der Waals surface area contributed by atoms with Crippen molar-refractivity contribution in [3.8, 4) is 0 Å². The molecular weight excluding hydrogens is 254 g/mol. The van der Waals surface area contributed by atoms with E-state index in [0.717, 1.165) is 16.6 Å². The zero-order valence-corrected chi connectivity index (χ0v) is 10.4. The molecule has 0 radical (unpaired) electrons. The number of rotatable bonds is 3. The number of anilines is 2. The Morgan fingerprint density at radius 3 is 2.75 bits per heavy atom. The van der Waals surface area contributed by atoms with Gasteiger partial charge in [-0.25, -0.2) is 4.79 Å². The molecule has 0 saturated heterocycles. The number of pyridine rings is 2. The van der Waals surface area contributed by atoms with Crippen molar-refractivity contribution >= 4 is 28.2 Å². The molecule has 3 rings (SSSR count). The molecule has 2 aromatic heterocycles. The van der Waals surface area contributed by atoms with E-state index in [2.05, 4.69) is 15.3 Å². The van der Waals surface area contributed by atoms with E-state index in [1.54, 1.807) is 42.9 Å². The lowest BCUT2D eigenvalue weighted by atomic mass is 10.1. The highest BCUT2D eigenvalue weighted by atomic mass is 16.4. The topological polar surface area (TPSA) is 75.1 Å². The van der Waals surface area contributed by atoms with E-state index in [1.165, 1.54) is 0 Å². The van der Waals surface area contributed by atoms with Crippen LogP contribution in [0, 0.1) is 0 Å². The van der Waals surface area contributed by atoms with E-state index in [1.807, 2.05) is 12.1 Å². The van der Waals surface area contributed by atoms with Gasteiger partial charge in [0.2, 0.25) is 0 Å². The SMILES string of the molecule is O=C(O)c1cc(Nc2cccnc2)c2ncccc2c1. The molecule has 0 aliphatic carbocycles. The summed E-state index contributed by atoms with van der Waals surface area (Å²) in [6.45, 7) is 0. The minimum Gasteiger partial charge on any atom is -0.478 e. The zero-order chi connectivity index (χ0) is 13.9. The van der Waals surface area contributed by atoms with Crippen LogP contribution in [0.4, 0.5) is 11.4 Å². The second kappa shape index (κ2) is 4.97. The number of hydrogen-bond donors (Lipinski definition) is 2. The molecule has 0 saturated carbocycles. The molecule has 2 heterocycles. The summed E-state index contributed by atoms with van der Waals surface area (Å²) in [5.74, 6) is -0.968. The summed E-state index contributed by atoms with van der Waals surface area (Å²) in [7, 11) is 0. The molecule has 0 amide bonds. The summed E-state index contributed by atoms with van der Waals surface area (Å²) >= 11 is 0. The number of aromatic carboxylic acids is 1. The Hall–Kier alpha value is -2.95. The van der Waals surface area contributed by atoms with E-state index >= 15 is 0 Å². The maximum Gasteiger partial charge on any atom is 0.335 e. The van der Waals surface area contributed by atoms with Gasteiger partial charge in [-0.2, -0.15) is 0 Å². The quantitative estimate of drug-likeness (QED) is 0.761. The molecule has 0 aliphatic rings. The Morgan fingerprint density at radius 2 is 2.00 bits per heavy atom. The van der Waals surface area contributed by atoms with E-state index in [-0.39, 0.29) is 5.56 Å². The maximum absolute atomic E-state index is 11.2. The molecule has 0 spiro atoms. The van der Waals surface area contributed by atoms with Gasteiger partial charge < -0.3 is 10.4 Å². The third-order valence-corrected chi connectivity index (χ3v) is 2.89. The van der Waals surface area contributed by atoms with Crippen LogP contribution in [0.15, 0.2) is 55.0 Å². The zero-order valence-electron chi connectivity index (χ0n) is 10.4. The third kappa shape index (κ3) is 2.29.